The molecule has 0 aromatic carbocycles. The summed E-state index contributed by atoms with van der Waals surface area (Å²) in [6, 6.07) is 0.170. The van der Waals surface area contributed by atoms with Crippen LogP contribution < -0.4 is 5.32 Å². The second kappa shape index (κ2) is 3.56. The number of fused-ring (bicyclic) bond motifs is 1. The van der Waals surface area contributed by atoms with Gasteiger partial charge in [0, 0.05) is 0 Å². The van der Waals surface area contributed by atoms with Gasteiger partial charge in [0.25, 0.3) is 0 Å². The average Bonchev–Trinajstić information content (AvgIpc) is 2.17. The summed E-state index contributed by atoms with van der Waals surface area (Å²) in [4.78, 5) is 10.8. The summed E-state index contributed by atoms with van der Waals surface area (Å²) in [5, 5.41) is 3.30. The third-order valence-corrected chi connectivity index (χ3v) is 3.47. The van der Waals surface area contributed by atoms with Gasteiger partial charge in [-0.15, -0.1) is 0 Å². The van der Waals surface area contributed by atoms with Crippen molar-refractivity contribution in [3.63, 3.8) is 0 Å². The first-order valence-corrected chi connectivity index (χ1v) is 5.10. The van der Waals surface area contributed by atoms with Crippen molar-refractivity contribution in [1.29, 1.82) is 0 Å². The molecular formula is C10H17NO. The number of piperidine rings is 1. The molecule has 2 nitrogen and oxygen atoms in total. The summed E-state index contributed by atoms with van der Waals surface area (Å²) in [5.41, 5.74) is 0. The van der Waals surface area contributed by atoms with E-state index in [1.807, 2.05) is 0 Å². The fraction of sp³-hybridized carbons (Fsp3) is 0.900. The van der Waals surface area contributed by atoms with Gasteiger partial charge in [0.15, 0.2) is 0 Å². The summed E-state index contributed by atoms with van der Waals surface area (Å²) >= 11 is 0. The van der Waals surface area contributed by atoms with Crippen molar-refractivity contribution in [2.45, 2.75) is 38.1 Å². The predicted molar refractivity (Wildman–Crippen MR) is 47.9 cm³/mol. The Morgan fingerprint density at radius 1 is 1.17 bits per heavy atom. The SMILES string of the molecule is O=C[C@@H]1NCC[C@@H]2CCCC[C@@H]21. The van der Waals surface area contributed by atoms with Gasteiger partial charge < -0.3 is 10.1 Å². The van der Waals surface area contributed by atoms with Crippen molar-refractivity contribution in [2.24, 2.45) is 11.8 Å². The van der Waals surface area contributed by atoms with Crippen LogP contribution in [0.4, 0.5) is 0 Å². The van der Waals surface area contributed by atoms with Crippen molar-refractivity contribution in [1.82, 2.24) is 5.32 Å². The summed E-state index contributed by atoms with van der Waals surface area (Å²) in [5.74, 6) is 1.50. The van der Waals surface area contributed by atoms with Crippen molar-refractivity contribution >= 4 is 6.29 Å². The van der Waals surface area contributed by atoms with Crippen LogP contribution in [-0.2, 0) is 4.79 Å². The molecule has 2 heteroatoms. The molecule has 1 aliphatic carbocycles. The minimum Gasteiger partial charge on any atom is -0.307 e. The minimum atomic E-state index is 0.170. The smallest absolute Gasteiger partial charge is 0.137 e. The molecule has 1 aliphatic heterocycles. The van der Waals surface area contributed by atoms with Gasteiger partial charge >= 0.3 is 0 Å². The second-order valence-corrected chi connectivity index (χ2v) is 4.11. The molecule has 0 unspecified atom stereocenters. The van der Waals surface area contributed by atoms with Crippen LogP contribution in [-0.4, -0.2) is 18.9 Å². The van der Waals surface area contributed by atoms with Crippen LogP contribution in [0.5, 0.6) is 0 Å². The van der Waals surface area contributed by atoms with E-state index in [4.69, 9.17) is 0 Å². The Kier molecular flexibility index (Phi) is 2.45. The van der Waals surface area contributed by atoms with Gasteiger partial charge in [-0.3, -0.25) is 0 Å². The van der Waals surface area contributed by atoms with Gasteiger partial charge in [0.2, 0.25) is 0 Å². The monoisotopic (exact) mass is 167 g/mol. The zero-order chi connectivity index (χ0) is 8.39. The van der Waals surface area contributed by atoms with E-state index in [0.29, 0.717) is 5.92 Å². The molecule has 3 atom stereocenters. The normalized spacial score (nSPS) is 41.8. The van der Waals surface area contributed by atoms with Gasteiger partial charge in [0.1, 0.15) is 6.29 Å². The Bertz CT molecular complexity index is 167. The minimum absolute atomic E-state index is 0.170. The lowest BCUT2D eigenvalue weighted by molar-refractivity contribution is -0.112. The van der Waals surface area contributed by atoms with E-state index in [2.05, 4.69) is 5.32 Å². The molecule has 0 amide bonds. The number of nitrogens with one attached hydrogen (secondary N) is 1. The molecule has 0 aromatic heterocycles. The highest BCUT2D eigenvalue weighted by atomic mass is 16.1. The predicted octanol–water partition coefficient (Wildman–Crippen LogP) is 1.35. The average molecular weight is 167 g/mol. The van der Waals surface area contributed by atoms with Crippen LogP contribution in [0.2, 0.25) is 0 Å². The van der Waals surface area contributed by atoms with Crippen LogP contribution in [0.15, 0.2) is 0 Å². The van der Waals surface area contributed by atoms with Crippen LogP contribution in [0.25, 0.3) is 0 Å². The van der Waals surface area contributed by atoms with Crippen LogP contribution in [0.3, 0.4) is 0 Å². The Hall–Kier alpha value is -0.370. The van der Waals surface area contributed by atoms with Crippen molar-refractivity contribution in [3.8, 4) is 0 Å². The maximum Gasteiger partial charge on any atom is 0.137 e. The van der Waals surface area contributed by atoms with Gasteiger partial charge in [-0.25, -0.2) is 0 Å². The number of carbonyl (C=O) groups is 1. The van der Waals surface area contributed by atoms with Gasteiger partial charge in [-0.2, -0.15) is 0 Å². The van der Waals surface area contributed by atoms with Crippen LogP contribution >= 0.6 is 0 Å². The summed E-state index contributed by atoms with van der Waals surface area (Å²) in [6.07, 6.45) is 7.73. The highest BCUT2D eigenvalue weighted by Crippen LogP contribution is 2.35. The zero-order valence-electron chi connectivity index (χ0n) is 7.46. The molecule has 1 N–H and O–H groups in total. The van der Waals surface area contributed by atoms with Gasteiger partial charge in [0.05, 0.1) is 6.04 Å². The lowest BCUT2D eigenvalue weighted by Gasteiger charge is -2.39. The molecule has 12 heavy (non-hydrogen) atoms. The van der Waals surface area contributed by atoms with E-state index < -0.39 is 0 Å². The van der Waals surface area contributed by atoms with Crippen molar-refractivity contribution in [3.05, 3.63) is 0 Å². The number of carbonyl (C=O) groups excluding carboxylic acids is 1. The molecule has 2 rings (SSSR count). The Balaban J connectivity index is 2.03. The number of hydrogen-bond donors (Lipinski definition) is 1. The van der Waals surface area contributed by atoms with Crippen molar-refractivity contribution in [2.75, 3.05) is 6.54 Å². The molecule has 0 aromatic rings. The molecule has 0 radical (unpaired) electrons. The lowest BCUT2D eigenvalue weighted by atomic mass is 9.72. The number of hydrogen-bond acceptors (Lipinski definition) is 2. The lowest BCUT2D eigenvalue weighted by Crippen LogP contribution is -2.48. The standard InChI is InChI=1S/C10H17NO/c12-7-10-9-4-2-1-3-8(9)5-6-11-10/h7-11H,1-6H2/t8-,9-,10-/m0/s1. The fourth-order valence-electron chi connectivity index (χ4n) is 2.80. The molecule has 2 fully saturated rings. The first-order chi connectivity index (χ1) is 5.92. The van der Waals surface area contributed by atoms with E-state index in [9.17, 15) is 4.79 Å². The fourth-order valence-corrected chi connectivity index (χ4v) is 2.80. The van der Waals surface area contributed by atoms with Crippen LogP contribution in [0, 0.1) is 11.8 Å². The molecule has 0 bridgehead atoms. The highest BCUT2D eigenvalue weighted by molar-refractivity contribution is 5.58. The largest absolute Gasteiger partial charge is 0.307 e. The van der Waals surface area contributed by atoms with Gasteiger partial charge in [-0.1, -0.05) is 19.3 Å². The molecule has 1 saturated carbocycles. The quantitative estimate of drug-likeness (QED) is 0.597. The number of rotatable bonds is 1. The van der Waals surface area contributed by atoms with E-state index in [-0.39, 0.29) is 6.04 Å². The van der Waals surface area contributed by atoms with E-state index >= 15 is 0 Å². The Labute approximate surface area is 73.7 Å². The Morgan fingerprint density at radius 2 is 2.00 bits per heavy atom. The third-order valence-electron chi connectivity index (χ3n) is 3.47. The van der Waals surface area contributed by atoms with Crippen LogP contribution in [0.1, 0.15) is 32.1 Å². The highest BCUT2D eigenvalue weighted by Gasteiger charge is 2.34. The zero-order valence-corrected chi connectivity index (χ0v) is 7.46. The maximum absolute atomic E-state index is 10.8. The number of aldehydes is 1. The molecule has 2 aliphatic rings. The molecule has 1 saturated heterocycles. The first kappa shape index (κ1) is 8.24. The summed E-state index contributed by atoms with van der Waals surface area (Å²) < 4.78 is 0. The topological polar surface area (TPSA) is 29.1 Å². The van der Waals surface area contributed by atoms with Gasteiger partial charge in [-0.05, 0) is 31.2 Å². The van der Waals surface area contributed by atoms with Crippen molar-refractivity contribution < 1.29 is 4.79 Å². The van der Waals surface area contributed by atoms with E-state index in [0.717, 1.165) is 18.7 Å². The summed E-state index contributed by atoms with van der Waals surface area (Å²) in [7, 11) is 0. The molecular weight excluding hydrogens is 150 g/mol. The van der Waals surface area contributed by atoms with E-state index in [1.54, 1.807) is 0 Å². The molecule has 68 valence electrons. The molecule has 1 heterocycles. The third kappa shape index (κ3) is 1.40. The Morgan fingerprint density at radius 3 is 2.83 bits per heavy atom. The maximum atomic E-state index is 10.8. The molecule has 0 spiro atoms. The first-order valence-electron chi connectivity index (χ1n) is 5.10. The second-order valence-electron chi connectivity index (χ2n) is 4.11. The summed E-state index contributed by atoms with van der Waals surface area (Å²) in [6.45, 7) is 1.05. The van der Waals surface area contributed by atoms with E-state index in [1.165, 1.54) is 32.1 Å².